The average Bonchev–Trinajstić information content (AvgIpc) is 2.68. The Balaban J connectivity index is 1.88. The third-order valence-electron chi connectivity index (χ3n) is 4.88. The minimum atomic E-state index is -0.216. The Morgan fingerprint density at radius 3 is 2.31 bits per heavy atom. The number of nitrogens with zero attached hydrogens (tertiary/aromatic N) is 1. The Morgan fingerprint density at radius 2 is 1.58 bits per heavy atom. The summed E-state index contributed by atoms with van der Waals surface area (Å²) in [5, 5.41) is 12.7. The van der Waals surface area contributed by atoms with E-state index in [2.05, 4.69) is 31.2 Å². The third kappa shape index (κ3) is 2.72. The average molecular weight is 339 g/mol. The molecule has 0 radical (unpaired) electrons. The van der Waals surface area contributed by atoms with E-state index in [9.17, 15) is 0 Å². The van der Waals surface area contributed by atoms with Crippen LogP contribution < -0.4 is 0 Å². The first-order valence-corrected chi connectivity index (χ1v) is 8.85. The third-order valence-corrected chi connectivity index (χ3v) is 4.88. The smallest absolute Gasteiger partial charge is 0.138 e. The van der Waals surface area contributed by atoms with Gasteiger partial charge in [-0.3, -0.25) is 0 Å². The van der Waals surface area contributed by atoms with Gasteiger partial charge in [0.1, 0.15) is 5.82 Å². The van der Waals surface area contributed by atoms with Gasteiger partial charge in [0.15, 0.2) is 0 Å². The van der Waals surface area contributed by atoms with Crippen LogP contribution in [0.3, 0.4) is 0 Å². The highest BCUT2D eigenvalue weighted by molar-refractivity contribution is 6.08. The zero-order chi connectivity index (χ0) is 18.1. The Hall–Kier alpha value is -3.18. The first kappa shape index (κ1) is 16.3. The summed E-state index contributed by atoms with van der Waals surface area (Å²) in [7, 11) is 0. The molecule has 0 amide bonds. The summed E-state index contributed by atoms with van der Waals surface area (Å²) in [4.78, 5) is 0. The topological polar surface area (TPSA) is 23.8 Å². The van der Waals surface area contributed by atoms with Crippen molar-refractivity contribution in [2.75, 3.05) is 0 Å². The van der Waals surface area contributed by atoms with Crippen molar-refractivity contribution in [1.29, 1.82) is 5.26 Å². The van der Waals surface area contributed by atoms with E-state index in [0.29, 0.717) is 16.5 Å². The lowest BCUT2D eigenvalue weighted by Crippen LogP contribution is -1.89. The summed E-state index contributed by atoms with van der Waals surface area (Å²) >= 11 is 0. The van der Waals surface area contributed by atoms with Gasteiger partial charge in [-0.1, -0.05) is 67.9 Å². The van der Waals surface area contributed by atoms with Crippen molar-refractivity contribution in [2.45, 2.75) is 19.8 Å². The molecule has 0 saturated heterocycles. The standard InChI is InChI=1S/C24H18FN/c1-2-3-16-6-10-20-19(14-16)9-11-23-22(20)13-12-21(24(23)25)18-7-4-17(15-26)5-8-18/h4-14H,2-3H2,1H3. The van der Waals surface area contributed by atoms with Crippen molar-refractivity contribution in [1.82, 2.24) is 0 Å². The second kappa shape index (κ2) is 6.61. The second-order valence-corrected chi connectivity index (χ2v) is 6.58. The van der Waals surface area contributed by atoms with E-state index in [4.69, 9.17) is 5.26 Å². The van der Waals surface area contributed by atoms with Crippen LogP contribution in [0.5, 0.6) is 0 Å². The zero-order valence-corrected chi connectivity index (χ0v) is 14.6. The Labute approximate surface area is 152 Å². The van der Waals surface area contributed by atoms with Crippen LogP contribution in [0.1, 0.15) is 24.5 Å². The van der Waals surface area contributed by atoms with Gasteiger partial charge in [-0.2, -0.15) is 5.26 Å². The summed E-state index contributed by atoms with van der Waals surface area (Å²) in [5.74, 6) is -0.216. The normalized spacial score (nSPS) is 11.0. The molecule has 2 heteroatoms. The summed E-state index contributed by atoms with van der Waals surface area (Å²) in [6, 6.07) is 23.2. The lowest BCUT2D eigenvalue weighted by atomic mass is 9.95. The van der Waals surface area contributed by atoms with Crippen molar-refractivity contribution in [3.63, 3.8) is 0 Å². The van der Waals surface area contributed by atoms with Crippen LogP contribution in [0, 0.1) is 17.1 Å². The van der Waals surface area contributed by atoms with Gasteiger partial charge in [0, 0.05) is 10.9 Å². The molecule has 0 aromatic heterocycles. The van der Waals surface area contributed by atoms with E-state index >= 15 is 4.39 Å². The second-order valence-electron chi connectivity index (χ2n) is 6.58. The van der Waals surface area contributed by atoms with Gasteiger partial charge in [0.25, 0.3) is 0 Å². The lowest BCUT2D eigenvalue weighted by molar-refractivity contribution is 0.643. The molecular weight excluding hydrogens is 321 g/mol. The van der Waals surface area contributed by atoms with Crippen LogP contribution in [-0.4, -0.2) is 0 Å². The van der Waals surface area contributed by atoms with E-state index in [-0.39, 0.29) is 5.82 Å². The first-order valence-electron chi connectivity index (χ1n) is 8.85. The van der Waals surface area contributed by atoms with Gasteiger partial charge < -0.3 is 0 Å². The fourth-order valence-electron chi connectivity index (χ4n) is 3.55. The van der Waals surface area contributed by atoms with Crippen molar-refractivity contribution in [3.8, 4) is 17.2 Å². The van der Waals surface area contributed by atoms with Gasteiger partial charge in [-0.15, -0.1) is 0 Å². The molecule has 4 rings (SSSR count). The van der Waals surface area contributed by atoms with E-state index in [0.717, 1.165) is 34.6 Å². The fourth-order valence-corrected chi connectivity index (χ4v) is 3.55. The molecule has 0 fully saturated rings. The molecule has 0 heterocycles. The molecule has 1 nitrogen and oxygen atoms in total. The van der Waals surface area contributed by atoms with Crippen molar-refractivity contribution in [3.05, 3.63) is 83.7 Å². The maximum absolute atomic E-state index is 15.2. The van der Waals surface area contributed by atoms with Crippen molar-refractivity contribution in [2.24, 2.45) is 0 Å². The number of hydrogen-bond donors (Lipinski definition) is 0. The highest BCUT2D eigenvalue weighted by Crippen LogP contribution is 2.33. The van der Waals surface area contributed by atoms with Gasteiger partial charge in [0.2, 0.25) is 0 Å². The predicted octanol–water partition coefficient (Wildman–Crippen LogP) is 6.62. The lowest BCUT2D eigenvalue weighted by Gasteiger charge is -2.10. The fraction of sp³-hybridized carbons (Fsp3) is 0.125. The van der Waals surface area contributed by atoms with E-state index in [1.807, 2.05) is 24.3 Å². The molecule has 0 unspecified atom stereocenters. The minimum absolute atomic E-state index is 0.216. The molecule has 4 aromatic rings. The highest BCUT2D eigenvalue weighted by atomic mass is 19.1. The summed E-state index contributed by atoms with van der Waals surface area (Å²) in [5.41, 5.74) is 3.23. The molecule has 126 valence electrons. The first-order chi connectivity index (χ1) is 12.7. The summed E-state index contributed by atoms with van der Waals surface area (Å²) < 4.78 is 15.2. The summed E-state index contributed by atoms with van der Waals surface area (Å²) in [6.07, 6.45) is 2.17. The van der Waals surface area contributed by atoms with Gasteiger partial charge in [0.05, 0.1) is 11.6 Å². The maximum Gasteiger partial charge on any atom is 0.138 e. The maximum atomic E-state index is 15.2. The molecule has 0 bridgehead atoms. The number of halogens is 1. The van der Waals surface area contributed by atoms with Crippen molar-refractivity contribution >= 4 is 21.5 Å². The molecular formula is C24H18FN. The van der Waals surface area contributed by atoms with Crippen LogP contribution in [0.25, 0.3) is 32.7 Å². The molecule has 0 atom stereocenters. The van der Waals surface area contributed by atoms with Gasteiger partial charge in [-0.05, 0) is 45.8 Å². The Kier molecular flexibility index (Phi) is 4.14. The van der Waals surface area contributed by atoms with Crippen LogP contribution in [-0.2, 0) is 6.42 Å². The van der Waals surface area contributed by atoms with Crippen molar-refractivity contribution < 1.29 is 4.39 Å². The van der Waals surface area contributed by atoms with Gasteiger partial charge >= 0.3 is 0 Å². The van der Waals surface area contributed by atoms with E-state index < -0.39 is 0 Å². The monoisotopic (exact) mass is 339 g/mol. The molecule has 0 aliphatic rings. The molecule has 0 saturated carbocycles. The molecule has 4 aromatic carbocycles. The van der Waals surface area contributed by atoms with E-state index in [1.54, 1.807) is 24.3 Å². The molecule has 0 aliphatic heterocycles. The quantitative estimate of drug-likeness (QED) is 0.385. The van der Waals surface area contributed by atoms with Crippen LogP contribution in [0.4, 0.5) is 4.39 Å². The van der Waals surface area contributed by atoms with Crippen LogP contribution in [0.2, 0.25) is 0 Å². The predicted molar refractivity (Wildman–Crippen MR) is 106 cm³/mol. The minimum Gasteiger partial charge on any atom is -0.206 e. The highest BCUT2D eigenvalue weighted by Gasteiger charge is 2.11. The van der Waals surface area contributed by atoms with Gasteiger partial charge in [-0.25, -0.2) is 4.39 Å². The molecule has 0 spiro atoms. The molecule has 26 heavy (non-hydrogen) atoms. The largest absolute Gasteiger partial charge is 0.206 e. The number of aryl methyl sites for hydroxylation is 1. The zero-order valence-electron chi connectivity index (χ0n) is 14.6. The summed E-state index contributed by atoms with van der Waals surface area (Å²) in [6.45, 7) is 2.17. The number of hydrogen-bond acceptors (Lipinski definition) is 1. The number of fused-ring (bicyclic) bond motifs is 3. The van der Waals surface area contributed by atoms with Crippen LogP contribution >= 0.6 is 0 Å². The number of benzene rings is 4. The SMILES string of the molecule is CCCc1ccc2c(ccc3c(F)c(-c4ccc(C#N)cc4)ccc32)c1. The molecule has 0 aliphatic carbocycles. The Bertz CT molecular complexity index is 1150. The molecule has 0 N–H and O–H groups in total. The van der Waals surface area contributed by atoms with E-state index in [1.165, 1.54) is 5.56 Å². The number of nitriles is 1. The number of rotatable bonds is 3. The van der Waals surface area contributed by atoms with Crippen LogP contribution in [0.15, 0.2) is 66.7 Å². The Morgan fingerprint density at radius 1 is 0.846 bits per heavy atom.